The van der Waals surface area contributed by atoms with Crippen LogP contribution in [0.1, 0.15) is 260 Å². The minimum Gasteiger partial charge on any atom is -0.496 e. The Hall–Kier alpha value is -4.09. The summed E-state index contributed by atoms with van der Waals surface area (Å²) in [5.41, 5.74) is 3.58. The average molecular weight is 985 g/mol. The van der Waals surface area contributed by atoms with Gasteiger partial charge in [-0.05, 0) is 57.9 Å². The zero-order valence-corrected chi connectivity index (χ0v) is 44.9. The van der Waals surface area contributed by atoms with Crippen LogP contribution in [0.3, 0.4) is 0 Å². The maximum absolute atomic E-state index is 13.2. The normalized spacial score (nSPS) is 12.2. The summed E-state index contributed by atoms with van der Waals surface area (Å²) in [6.07, 6.45) is 35.4. The van der Waals surface area contributed by atoms with Gasteiger partial charge in [0.15, 0.2) is 6.10 Å². The highest BCUT2D eigenvalue weighted by atomic mass is 16.6. The van der Waals surface area contributed by atoms with Crippen LogP contribution in [0, 0.1) is 6.92 Å². The van der Waals surface area contributed by atoms with E-state index < -0.39 is 18.0 Å². The first kappa shape index (κ1) is 62.0. The zero-order chi connectivity index (χ0) is 51.0. The number of cyclic esters (lactones) is 1. The number of hydrogen-bond donors (Lipinski definition) is 0. The van der Waals surface area contributed by atoms with Crippen molar-refractivity contribution in [2.45, 2.75) is 259 Å². The van der Waals surface area contributed by atoms with Gasteiger partial charge in [0.05, 0.1) is 20.8 Å². The molecule has 1 heterocycles. The average Bonchev–Trinajstić information content (AvgIpc) is 3.75. The van der Waals surface area contributed by atoms with Crippen molar-refractivity contribution in [3.8, 4) is 11.5 Å². The van der Waals surface area contributed by atoms with Crippen molar-refractivity contribution < 1.29 is 57.1 Å². The monoisotopic (exact) mass is 985 g/mol. The summed E-state index contributed by atoms with van der Waals surface area (Å²) in [7, 11) is 2.94. The molecule has 0 bridgehead atoms. The van der Waals surface area contributed by atoms with Gasteiger partial charge >= 0.3 is 29.8 Å². The summed E-state index contributed by atoms with van der Waals surface area (Å²) >= 11 is 0. The molecular weight excluding hydrogens is 889 g/mol. The highest BCUT2D eigenvalue weighted by Gasteiger charge is 2.33. The quantitative estimate of drug-likeness (QED) is 0.0265. The van der Waals surface area contributed by atoms with E-state index >= 15 is 0 Å². The smallest absolute Gasteiger partial charge is 0.342 e. The molecule has 1 aromatic rings. The number of ether oxygens (including phenoxy) is 7. The van der Waals surface area contributed by atoms with E-state index in [4.69, 9.17) is 33.2 Å². The van der Waals surface area contributed by atoms with Crippen LogP contribution in [0.5, 0.6) is 11.5 Å². The highest BCUT2D eigenvalue weighted by Crippen LogP contribution is 2.43. The predicted octanol–water partition coefficient (Wildman–Crippen LogP) is 14.6. The molecular formula is C58H96O12. The first-order valence-corrected chi connectivity index (χ1v) is 27.8. The third kappa shape index (κ3) is 28.1. The van der Waals surface area contributed by atoms with Crippen molar-refractivity contribution in [2.75, 3.05) is 34.0 Å². The number of carbonyl (C=O) groups is 5. The first-order valence-electron chi connectivity index (χ1n) is 27.8. The Bertz CT molecular complexity index is 1600. The zero-order valence-electron chi connectivity index (χ0n) is 44.9. The number of allylic oxidation sites excluding steroid dienone is 2. The van der Waals surface area contributed by atoms with E-state index in [1.54, 1.807) is 7.11 Å². The first-order chi connectivity index (χ1) is 34.1. The summed E-state index contributed by atoms with van der Waals surface area (Å²) in [5.74, 6) is -0.965. The lowest BCUT2D eigenvalue weighted by Crippen LogP contribution is -2.31. The Morgan fingerprint density at radius 3 is 1.46 bits per heavy atom. The van der Waals surface area contributed by atoms with Crippen molar-refractivity contribution in [3.05, 3.63) is 33.9 Å². The van der Waals surface area contributed by atoms with E-state index in [0.717, 1.165) is 55.2 Å². The van der Waals surface area contributed by atoms with Crippen molar-refractivity contribution in [2.24, 2.45) is 0 Å². The Morgan fingerprint density at radius 1 is 0.557 bits per heavy atom. The van der Waals surface area contributed by atoms with Gasteiger partial charge in [0, 0.05) is 36.8 Å². The summed E-state index contributed by atoms with van der Waals surface area (Å²) in [4.78, 5) is 63.4. The van der Waals surface area contributed by atoms with Gasteiger partial charge in [-0.15, -0.1) is 0 Å². The number of benzene rings is 1. The Balaban J connectivity index is 1.88. The van der Waals surface area contributed by atoms with Crippen molar-refractivity contribution in [1.29, 1.82) is 0 Å². The number of esters is 5. The molecule has 0 saturated carbocycles. The lowest BCUT2D eigenvalue weighted by atomic mass is 9.94. The molecule has 0 atom stereocenters. The lowest BCUT2D eigenvalue weighted by molar-refractivity contribution is -0.167. The van der Waals surface area contributed by atoms with E-state index in [1.807, 2.05) is 19.9 Å². The number of methoxy groups -OCH3 is 2. The number of rotatable bonds is 45. The van der Waals surface area contributed by atoms with E-state index in [-0.39, 0.29) is 70.0 Å². The van der Waals surface area contributed by atoms with Gasteiger partial charge in [0.1, 0.15) is 36.9 Å². The number of unbranched alkanes of at least 4 members (excludes halogenated alkanes) is 25. The molecule has 0 radical (unpaired) electrons. The molecule has 0 aliphatic carbocycles. The highest BCUT2D eigenvalue weighted by molar-refractivity contribution is 5.98. The second kappa shape index (κ2) is 40.5. The minimum absolute atomic E-state index is 0.0615. The van der Waals surface area contributed by atoms with E-state index in [2.05, 4.69) is 13.8 Å². The minimum atomic E-state index is -0.921. The number of hydrogen-bond acceptors (Lipinski definition) is 12. The predicted molar refractivity (Wildman–Crippen MR) is 277 cm³/mol. The summed E-state index contributed by atoms with van der Waals surface area (Å²) in [6.45, 7) is 8.28. The van der Waals surface area contributed by atoms with Crippen molar-refractivity contribution in [3.63, 3.8) is 0 Å². The fraction of sp³-hybridized carbons (Fsp3) is 0.776. The molecule has 12 nitrogen and oxygen atoms in total. The van der Waals surface area contributed by atoms with Crippen LogP contribution in [-0.4, -0.2) is 70.0 Å². The van der Waals surface area contributed by atoms with Gasteiger partial charge < -0.3 is 33.2 Å². The van der Waals surface area contributed by atoms with Crippen LogP contribution in [-0.2, 0) is 55.9 Å². The van der Waals surface area contributed by atoms with E-state index in [9.17, 15) is 24.0 Å². The summed E-state index contributed by atoms with van der Waals surface area (Å²) in [6, 6.07) is 0. The van der Waals surface area contributed by atoms with Crippen LogP contribution >= 0.6 is 0 Å². The van der Waals surface area contributed by atoms with Crippen LogP contribution in [0.4, 0.5) is 0 Å². The maximum Gasteiger partial charge on any atom is 0.342 e. The molecule has 1 aliphatic rings. The molecule has 0 saturated heterocycles. The van der Waals surface area contributed by atoms with Gasteiger partial charge in [0.25, 0.3) is 0 Å². The molecule has 70 heavy (non-hydrogen) atoms. The second-order valence-corrected chi connectivity index (χ2v) is 19.5. The molecule has 1 aliphatic heterocycles. The third-order valence-electron chi connectivity index (χ3n) is 13.4. The van der Waals surface area contributed by atoms with Crippen LogP contribution < -0.4 is 9.47 Å². The summed E-state index contributed by atoms with van der Waals surface area (Å²) < 4.78 is 39.2. The standard InChI is InChI=1S/C58H96O12/c1-7-9-11-13-15-17-19-21-23-25-27-29-31-35-52(60)67-43-48(44-68-53(61)36-32-30-28-26-24-22-20-18-16-14-12-10-8-2)70-54(62)37-33-34-42-66-57-49(40-38-46(3)39-41-51(59)64-5)56(65-6)47(4)50-45-69-58(63)55(50)57/h38,48H,7-37,39-45H2,1-6H3/b46-38+. The third-order valence-corrected chi connectivity index (χ3v) is 13.4. The lowest BCUT2D eigenvalue weighted by Gasteiger charge is -2.20. The van der Waals surface area contributed by atoms with Gasteiger partial charge in [0.2, 0.25) is 0 Å². The Labute approximate surface area is 423 Å². The largest absolute Gasteiger partial charge is 0.496 e. The number of carbonyl (C=O) groups excluding carboxylic acids is 5. The molecule has 0 unspecified atom stereocenters. The van der Waals surface area contributed by atoms with Crippen LogP contribution in [0.15, 0.2) is 11.6 Å². The molecule has 0 amide bonds. The van der Waals surface area contributed by atoms with Gasteiger partial charge in [-0.3, -0.25) is 19.2 Å². The number of fused-ring (bicyclic) bond motifs is 1. The molecule has 2 rings (SSSR count). The van der Waals surface area contributed by atoms with Gasteiger partial charge in [-0.1, -0.05) is 180 Å². The Kier molecular flexibility index (Phi) is 35.9. The fourth-order valence-corrected chi connectivity index (χ4v) is 8.95. The molecule has 0 N–H and O–H groups in total. The SMILES string of the molecule is CCCCCCCCCCCCCCCC(=O)OCC(COC(=O)CCCCCCCCCCCCCCC)OC(=O)CCCCOc1c(C/C=C(\C)CCC(=O)OC)c(OC)c(C)c2c1C(=O)OC2. The molecule has 0 fully saturated rings. The van der Waals surface area contributed by atoms with Gasteiger partial charge in [-0.2, -0.15) is 0 Å². The molecule has 12 heteroatoms. The van der Waals surface area contributed by atoms with E-state index in [0.29, 0.717) is 48.3 Å². The Morgan fingerprint density at radius 2 is 1.00 bits per heavy atom. The molecule has 0 aromatic heterocycles. The molecule has 400 valence electrons. The van der Waals surface area contributed by atoms with Gasteiger partial charge in [-0.25, -0.2) is 4.79 Å². The maximum atomic E-state index is 13.2. The fourth-order valence-electron chi connectivity index (χ4n) is 8.95. The second-order valence-electron chi connectivity index (χ2n) is 19.5. The molecule has 0 spiro atoms. The van der Waals surface area contributed by atoms with Crippen molar-refractivity contribution >= 4 is 29.8 Å². The molecule has 1 aromatic carbocycles. The van der Waals surface area contributed by atoms with E-state index in [1.165, 1.54) is 136 Å². The summed E-state index contributed by atoms with van der Waals surface area (Å²) in [5, 5.41) is 0. The van der Waals surface area contributed by atoms with Crippen LogP contribution in [0.2, 0.25) is 0 Å². The van der Waals surface area contributed by atoms with Crippen LogP contribution in [0.25, 0.3) is 0 Å². The topological polar surface area (TPSA) is 150 Å². The van der Waals surface area contributed by atoms with Crippen molar-refractivity contribution in [1.82, 2.24) is 0 Å².